The number of H-pyrrole nitrogens is 1. The highest BCUT2D eigenvalue weighted by atomic mass is 19.4. The maximum atomic E-state index is 12.1. The van der Waals surface area contributed by atoms with Crippen LogP contribution in [0.4, 0.5) is 13.2 Å². The number of hydrogen-bond acceptors (Lipinski definition) is 3. The fourth-order valence-electron chi connectivity index (χ4n) is 0.847. The summed E-state index contributed by atoms with van der Waals surface area (Å²) >= 11 is 0. The van der Waals surface area contributed by atoms with Gasteiger partial charge in [0, 0.05) is 0 Å². The molecule has 1 N–H and O–H groups in total. The van der Waals surface area contributed by atoms with Crippen molar-refractivity contribution in [1.82, 2.24) is 10.2 Å². The minimum absolute atomic E-state index is 0.101. The van der Waals surface area contributed by atoms with E-state index in [4.69, 9.17) is 0 Å². The van der Waals surface area contributed by atoms with Crippen LogP contribution in [-0.4, -0.2) is 16.7 Å². The second kappa shape index (κ2) is 3.69. The van der Waals surface area contributed by atoms with Gasteiger partial charge in [0.25, 0.3) is 6.47 Å². The first-order chi connectivity index (χ1) is 6.45. The van der Waals surface area contributed by atoms with E-state index in [9.17, 15) is 18.0 Å². The van der Waals surface area contributed by atoms with Gasteiger partial charge in [0.05, 0.1) is 5.69 Å². The topological polar surface area (TPSA) is 55.0 Å². The minimum atomic E-state index is -4.49. The van der Waals surface area contributed by atoms with E-state index in [2.05, 4.69) is 14.9 Å². The first-order valence-corrected chi connectivity index (χ1v) is 3.66. The highest BCUT2D eigenvalue weighted by Gasteiger charge is 2.34. The van der Waals surface area contributed by atoms with Crippen LogP contribution in [0.2, 0.25) is 0 Å². The maximum absolute atomic E-state index is 12.1. The average Bonchev–Trinajstić information content (AvgIpc) is 2.51. The van der Waals surface area contributed by atoms with Crippen LogP contribution in [0, 0.1) is 0 Å². The van der Waals surface area contributed by atoms with Crippen molar-refractivity contribution in [2.45, 2.75) is 19.2 Å². The van der Waals surface area contributed by atoms with Crippen LogP contribution in [0.1, 0.15) is 24.4 Å². The van der Waals surface area contributed by atoms with Crippen LogP contribution in [0.25, 0.3) is 0 Å². The van der Waals surface area contributed by atoms with Gasteiger partial charge in [-0.3, -0.25) is 9.89 Å². The van der Waals surface area contributed by atoms with E-state index >= 15 is 0 Å². The number of nitrogens with one attached hydrogen (secondary N) is 1. The molecule has 1 aromatic rings. The fourth-order valence-corrected chi connectivity index (χ4v) is 0.847. The quantitative estimate of drug-likeness (QED) is 0.768. The number of ether oxygens (including phenoxy) is 1. The van der Waals surface area contributed by atoms with Gasteiger partial charge in [-0.15, -0.1) is 0 Å². The molecule has 0 aliphatic heterocycles. The number of aromatic nitrogens is 2. The van der Waals surface area contributed by atoms with Gasteiger partial charge in [-0.1, -0.05) is 0 Å². The van der Waals surface area contributed by atoms with Crippen molar-refractivity contribution < 1.29 is 22.7 Å². The molecule has 1 rings (SSSR count). The SMILES string of the molecule is CC(OC=O)c1cc(C(F)(F)F)n[nH]1. The molecule has 1 atom stereocenters. The largest absolute Gasteiger partial charge is 0.458 e. The van der Waals surface area contributed by atoms with Gasteiger partial charge in [0.2, 0.25) is 0 Å². The Kier molecular flexibility index (Phi) is 2.78. The Balaban J connectivity index is 2.82. The van der Waals surface area contributed by atoms with E-state index < -0.39 is 18.0 Å². The van der Waals surface area contributed by atoms with Gasteiger partial charge >= 0.3 is 6.18 Å². The zero-order valence-corrected chi connectivity index (χ0v) is 7.13. The Morgan fingerprint density at radius 2 is 2.29 bits per heavy atom. The zero-order chi connectivity index (χ0) is 10.8. The summed E-state index contributed by atoms with van der Waals surface area (Å²) in [6.07, 6.45) is -5.26. The van der Waals surface area contributed by atoms with Crippen LogP contribution >= 0.6 is 0 Å². The van der Waals surface area contributed by atoms with Gasteiger partial charge < -0.3 is 4.74 Å². The Labute approximate surface area is 77.1 Å². The molecule has 0 saturated carbocycles. The van der Waals surface area contributed by atoms with E-state index in [-0.39, 0.29) is 12.2 Å². The molecule has 0 bridgehead atoms. The predicted molar refractivity (Wildman–Crippen MR) is 39.2 cm³/mol. The number of carbonyl (C=O) groups excluding carboxylic acids is 1. The molecule has 0 amide bonds. The molecule has 4 nitrogen and oxygen atoms in total. The van der Waals surface area contributed by atoms with E-state index in [1.807, 2.05) is 0 Å². The number of alkyl halides is 3. The standard InChI is InChI=1S/C7H7F3N2O2/c1-4(14-3-13)5-2-6(12-11-5)7(8,9)10/h2-4H,1H3,(H,11,12). The monoisotopic (exact) mass is 208 g/mol. The molecule has 78 valence electrons. The molecule has 14 heavy (non-hydrogen) atoms. The van der Waals surface area contributed by atoms with Crippen LogP contribution in [-0.2, 0) is 15.7 Å². The number of aromatic amines is 1. The third-order valence-electron chi connectivity index (χ3n) is 1.59. The van der Waals surface area contributed by atoms with Crippen LogP contribution in [0.3, 0.4) is 0 Å². The summed E-state index contributed by atoms with van der Waals surface area (Å²) in [4.78, 5) is 9.91. The van der Waals surface area contributed by atoms with E-state index in [1.54, 1.807) is 0 Å². The Morgan fingerprint density at radius 3 is 2.71 bits per heavy atom. The molecule has 1 heterocycles. The summed E-state index contributed by atoms with van der Waals surface area (Å²) in [6.45, 7) is 1.60. The van der Waals surface area contributed by atoms with Crippen molar-refractivity contribution in [3.63, 3.8) is 0 Å². The molecular formula is C7H7F3N2O2. The molecule has 0 spiro atoms. The molecule has 0 radical (unpaired) electrons. The summed E-state index contributed by atoms with van der Waals surface area (Å²) in [6, 6.07) is 0.800. The third-order valence-corrected chi connectivity index (χ3v) is 1.59. The van der Waals surface area contributed by atoms with Crippen molar-refractivity contribution in [1.29, 1.82) is 0 Å². The van der Waals surface area contributed by atoms with Crippen molar-refractivity contribution >= 4 is 6.47 Å². The smallest absolute Gasteiger partial charge is 0.435 e. The van der Waals surface area contributed by atoms with Crippen molar-refractivity contribution in [2.75, 3.05) is 0 Å². The molecule has 0 aliphatic rings. The normalized spacial score (nSPS) is 13.7. The average molecular weight is 208 g/mol. The molecule has 0 aromatic carbocycles. The lowest BCUT2D eigenvalue weighted by atomic mass is 10.2. The van der Waals surface area contributed by atoms with E-state index in [1.165, 1.54) is 6.92 Å². The van der Waals surface area contributed by atoms with Crippen LogP contribution in [0.15, 0.2) is 6.07 Å². The molecule has 1 aromatic heterocycles. The Bertz CT molecular complexity index is 321. The Hall–Kier alpha value is -1.53. The van der Waals surface area contributed by atoms with Crippen LogP contribution < -0.4 is 0 Å². The summed E-state index contributed by atoms with van der Waals surface area (Å²) in [5.74, 6) is 0. The number of carbonyl (C=O) groups is 1. The van der Waals surface area contributed by atoms with Crippen LogP contribution in [0.5, 0.6) is 0 Å². The number of rotatable bonds is 3. The highest BCUT2D eigenvalue weighted by molar-refractivity contribution is 5.38. The van der Waals surface area contributed by atoms with Crippen molar-refractivity contribution in [3.8, 4) is 0 Å². The van der Waals surface area contributed by atoms with Gasteiger partial charge in [-0.2, -0.15) is 18.3 Å². The van der Waals surface area contributed by atoms with Gasteiger partial charge in [0.15, 0.2) is 5.69 Å². The molecule has 7 heteroatoms. The van der Waals surface area contributed by atoms with E-state index in [0.29, 0.717) is 0 Å². The molecule has 0 saturated heterocycles. The first kappa shape index (κ1) is 10.6. The molecule has 0 aliphatic carbocycles. The lowest BCUT2D eigenvalue weighted by Gasteiger charge is -2.04. The van der Waals surface area contributed by atoms with Crippen molar-refractivity contribution in [3.05, 3.63) is 17.5 Å². The van der Waals surface area contributed by atoms with Gasteiger partial charge in [-0.25, -0.2) is 0 Å². The molecule has 0 fully saturated rings. The number of nitrogens with zero attached hydrogens (tertiary/aromatic N) is 1. The van der Waals surface area contributed by atoms with Gasteiger partial charge in [-0.05, 0) is 13.0 Å². The van der Waals surface area contributed by atoms with Gasteiger partial charge in [0.1, 0.15) is 6.10 Å². The second-order valence-corrected chi connectivity index (χ2v) is 2.58. The second-order valence-electron chi connectivity index (χ2n) is 2.58. The number of hydrogen-bond donors (Lipinski definition) is 1. The molecular weight excluding hydrogens is 201 g/mol. The zero-order valence-electron chi connectivity index (χ0n) is 7.13. The van der Waals surface area contributed by atoms with E-state index in [0.717, 1.165) is 6.07 Å². The van der Waals surface area contributed by atoms with Crippen molar-refractivity contribution in [2.24, 2.45) is 0 Å². The lowest BCUT2D eigenvalue weighted by Crippen LogP contribution is -2.04. The summed E-state index contributed by atoms with van der Waals surface area (Å²) in [7, 11) is 0. The molecule has 1 unspecified atom stereocenters. The highest BCUT2D eigenvalue weighted by Crippen LogP contribution is 2.29. The minimum Gasteiger partial charge on any atom is -0.458 e. The first-order valence-electron chi connectivity index (χ1n) is 3.66. The predicted octanol–water partition coefficient (Wildman–Crippen LogP) is 1.66. The summed E-state index contributed by atoms with van der Waals surface area (Å²) in [5, 5.41) is 5.19. The Morgan fingerprint density at radius 1 is 1.64 bits per heavy atom. The number of halogens is 3. The maximum Gasteiger partial charge on any atom is 0.435 e. The summed E-state index contributed by atoms with van der Waals surface area (Å²) in [5.41, 5.74) is -0.932. The third kappa shape index (κ3) is 2.24. The fraction of sp³-hybridized carbons (Fsp3) is 0.429. The summed E-state index contributed by atoms with van der Waals surface area (Å²) < 4.78 is 40.6. The lowest BCUT2D eigenvalue weighted by molar-refractivity contribution is -0.141.